The van der Waals surface area contributed by atoms with E-state index in [1.807, 2.05) is 6.20 Å². The van der Waals surface area contributed by atoms with Crippen LogP contribution in [0.25, 0.3) is 6.20 Å². The highest BCUT2D eigenvalue weighted by Gasteiger charge is 1.98. The molecule has 0 aromatic carbocycles. The molecular formula is C9H13N3O2. The maximum Gasteiger partial charge on any atom is 0.304 e. The van der Waals surface area contributed by atoms with Crippen molar-refractivity contribution in [3.8, 4) is 0 Å². The standard InChI is InChI=1S/C9H13N3O2/c1-2-12-7-8(6-11-12)5-10-4-3-9(13)14/h2,6-7,10H,1,3-5H2,(H,13,14). The van der Waals surface area contributed by atoms with Crippen molar-refractivity contribution >= 4 is 12.2 Å². The maximum atomic E-state index is 10.2. The van der Waals surface area contributed by atoms with Crippen molar-refractivity contribution in [2.75, 3.05) is 6.54 Å². The molecule has 0 aliphatic heterocycles. The number of aromatic nitrogens is 2. The first-order chi connectivity index (χ1) is 6.72. The first-order valence-electron chi connectivity index (χ1n) is 4.30. The van der Waals surface area contributed by atoms with E-state index in [0.29, 0.717) is 13.1 Å². The highest BCUT2D eigenvalue weighted by molar-refractivity contribution is 5.66. The first kappa shape index (κ1) is 10.5. The second kappa shape index (κ2) is 5.18. The summed E-state index contributed by atoms with van der Waals surface area (Å²) in [7, 11) is 0. The molecule has 0 saturated carbocycles. The van der Waals surface area contributed by atoms with Gasteiger partial charge in [0, 0.05) is 31.0 Å². The number of hydrogen-bond donors (Lipinski definition) is 2. The Balaban J connectivity index is 2.24. The SMILES string of the molecule is C=Cn1cc(CNCCC(=O)O)cn1. The lowest BCUT2D eigenvalue weighted by Gasteiger charge is -1.98. The lowest BCUT2D eigenvalue weighted by atomic mass is 10.3. The Labute approximate surface area is 82.0 Å². The summed E-state index contributed by atoms with van der Waals surface area (Å²) in [6, 6.07) is 0. The fourth-order valence-electron chi connectivity index (χ4n) is 0.997. The average molecular weight is 195 g/mol. The molecule has 0 bridgehead atoms. The molecule has 0 aliphatic carbocycles. The molecule has 0 radical (unpaired) electrons. The summed E-state index contributed by atoms with van der Waals surface area (Å²) in [4.78, 5) is 10.2. The maximum absolute atomic E-state index is 10.2. The van der Waals surface area contributed by atoms with Crippen LogP contribution in [-0.4, -0.2) is 27.4 Å². The van der Waals surface area contributed by atoms with Gasteiger partial charge in [-0.15, -0.1) is 0 Å². The fourth-order valence-corrected chi connectivity index (χ4v) is 0.997. The number of carboxylic acids is 1. The van der Waals surface area contributed by atoms with Gasteiger partial charge >= 0.3 is 5.97 Å². The van der Waals surface area contributed by atoms with Gasteiger partial charge in [-0.05, 0) is 0 Å². The van der Waals surface area contributed by atoms with Gasteiger partial charge in [0.1, 0.15) is 0 Å². The van der Waals surface area contributed by atoms with E-state index in [1.54, 1.807) is 17.1 Å². The number of nitrogens with zero attached hydrogens (tertiary/aromatic N) is 2. The van der Waals surface area contributed by atoms with Crippen LogP contribution in [0.2, 0.25) is 0 Å². The van der Waals surface area contributed by atoms with E-state index in [1.165, 1.54) is 0 Å². The van der Waals surface area contributed by atoms with Crippen molar-refractivity contribution in [2.45, 2.75) is 13.0 Å². The summed E-state index contributed by atoms with van der Waals surface area (Å²) in [5.41, 5.74) is 1.01. The zero-order valence-electron chi connectivity index (χ0n) is 7.81. The lowest BCUT2D eigenvalue weighted by molar-refractivity contribution is -0.136. The monoisotopic (exact) mass is 195 g/mol. The molecule has 1 heterocycles. The van der Waals surface area contributed by atoms with Gasteiger partial charge in [-0.3, -0.25) is 4.79 Å². The zero-order valence-corrected chi connectivity index (χ0v) is 7.81. The van der Waals surface area contributed by atoms with Gasteiger partial charge in [-0.2, -0.15) is 5.10 Å². The molecule has 0 aliphatic rings. The summed E-state index contributed by atoms with van der Waals surface area (Å²) >= 11 is 0. The predicted octanol–water partition coefficient (Wildman–Crippen LogP) is 0.548. The van der Waals surface area contributed by atoms with Crippen molar-refractivity contribution < 1.29 is 9.90 Å². The molecule has 0 unspecified atom stereocenters. The number of aliphatic carboxylic acids is 1. The van der Waals surface area contributed by atoms with Gasteiger partial charge in [0.15, 0.2) is 0 Å². The van der Waals surface area contributed by atoms with E-state index in [0.717, 1.165) is 5.56 Å². The molecule has 0 fully saturated rings. The number of rotatable bonds is 6. The second-order valence-corrected chi connectivity index (χ2v) is 2.83. The average Bonchev–Trinajstić information content (AvgIpc) is 2.60. The molecule has 76 valence electrons. The van der Waals surface area contributed by atoms with E-state index < -0.39 is 5.97 Å². The van der Waals surface area contributed by atoms with E-state index in [9.17, 15) is 4.79 Å². The van der Waals surface area contributed by atoms with Gasteiger partial charge in [-0.1, -0.05) is 6.58 Å². The van der Waals surface area contributed by atoms with E-state index in [4.69, 9.17) is 5.11 Å². The normalized spacial score (nSPS) is 10.0. The van der Waals surface area contributed by atoms with E-state index in [2.05, 4.69) is 17.0 Å². The van der Waals surface area contributed by atoms with Crippen LogP contribution in [0.1, 0.15) is 12.0 Å². The molecule has 5 nitrogen and oxygen atoms in total. The van der Waals surface area contributed by atoms with Gasteiger partial charge in [0.2, 0.25) is 0 Å². The molecule has 0 atom stereocenters. The van der Waals surface area contributed by atoms with Crippen molar-refractivity contribution in [3.63, 3.8) is 0 Å². The zero-order chi connectivity index (χ0) is 10.4. The minimum Gasteiger partial charge on any atom is -0.481 e. The number of carboxylic acid groups (broad SMARTS) is 1. The number of nitrogens with one attached hydrogen (secondary N) is 1. The summed E-state index contributed by atoms with van der Waals surface area (Å²) in [6.45, 7) is 4.66. The van der Waals surface area contributed by atoms with Crippen LogP contribution in [-0.2, 0) is 11.3 Å². The van der Waals surface area contributed by atoms with Crippen LogP contribution in [0.5, 0.6) is 0 Å². The molecule has 5 heteroatoms. The second-order valence-electron chi connectivity index (χ2n) is 2.83. The van der Waals surface area contributed by atoms with Gasteiger partial charge < -0.3 is 10.4 Å². The van der Waals surface area contributed by atoms with Crippen LogP contribution in [0.3, 0.4) is 0 Å². The molecule has 0 saturated heterocycles. The van der Waals surface area contributed by atoms with E-state index in [-0.39, 0.29) is 6.42 Å². The molecule has 1 rings (SSSR count). The summed E-state index contributed by atoms with van der Waals surface area (Å²) in [5.74, 6) is -0.792. The third kappa shape index (κ3) is 3.40. The Hall–Kier alpha value is -1.62. The van der Waals surface area contributed by atoms with Gasteiger partial charge in [0.25, 0.3) is 0 Å². The van der Waals surface area contributed by atoms with Crippen molar-refractivity contribution in [2.24, 2.45) is 0 Å². The van der Waals surface area contributed by atoms with Crippen molar-refractivity contribution in [3.05, 3.63) is 24.5 Å². The molecule has 0 amide bonds. The molecule has 1 aromatic heterocycles. The third-order valence-electron chi connectivity index (χ3n) is 1.69. The third-order valence-corrected chi connectivity index (χ3v) is 1.69. The largest absolute Gasteiger partial charge is 0.481 e. The topological polar surface area (TPSA) is 67.2 Å². The fraction of sp³-hybridized carbons (Fsp3) is 0.333. The summed E-state index contributed by atoms with van der Waals surface area (Å²) in [5, 5.41) is 15.4. The molecular weight excluding hydrogens is 182 g/mol. The summed E-state index contributed by atoms with van der Waals surface area (Å²) < 4.78 is 1.61. The molecule has 0 spiro atoms. The van der Waals surface area contributed by atoms with Crippen molar-refractivity contribution in [1.29, 1.82) is 0 Å². The van der Waals surface area contributed by atoms with E-state index >= 15 is 0 Å². The predicted molar refractivity (Wildman–Crippen MR) is 52.6 cm³/mol. The van der Waals surface area contributed by atoms with Gasteiger partial charge in [0.05, 0.1) is 12.6 Å². The van der Waals surface area contributed by atoms with Crippen LogP contribution in [0.15, 0.2) is 19.0 Å². The highest BCUT2D eigenvalue weighted by Crippen LogP contribution is 1.96. The number of carbonyl (C=O) groups is 1. The van der Waals surface area contributed by atoms with Crippen molar-refractivity contribution in [1.82, 2.24) is 15.1 Å². The highest BCUT2D eigenvalue weighted by atomic mass is 16.4. The molecule has 1 aromatic rings. The molecule has 14 heavy (non-hydrogen) atoms. The Morgan fingerprint density at radius 3 is 3.14 bits per heavy atom. The van der Waals surface area contributed by atoms with Crippen LogP contribution >= 0.6 is 0 Å². The van der Waals surface area contributed by atoms with Gasteiger partial charge in [-0.25, -0.2) is 4.68 Å². The Morgan fingerprint density at radius 2 is 2.57 bits per heavy atom. The minimum absolute atomic E-state index is 0.135. The Bertz CT molecular complexity index is 320. The minimum atomic E-state index is -0.792. The smallest absolute Gasteiger partial charge is 0.304 e. The number of hydrogen-bond acceptors (Lipinski definition) is 3. The van der Waals surface area contributed by atoms with Crippen LogP contribution in [0, 0.1) is 0 Å². The molecule has 2 N–H and O–H groups in total. The lowest BCUT2D eigenvalue weighted by Crippen LogP contribution is -2.17. The van der Waals surface area contributed by atoms with Crippen LogP contribution in [0.4, 0.5) is 0 Å². The summed E-state index contributed by atoms with van der Waals surface area (Å²) in [6.07, 6.45) is 5.28. The van der Waals surface area contributed by atoms with Crippen LogP contribution < -0.4 is 5.32 Å². The quantitative estimate of drug-likeness (QED) is 0.650. The first-order valence-corrected chi connectivity index (χ1v) is 4.30. The Kier molecular flexibility index (Phi) is 3.87. The Morgan fingerprint density at radius 1 is 1.79 bits per heavy atom.